The molecular formula is C20H31NO3S. The maximum absolute atomic E-state index is 6.13. The molecule has 1 aromatic carbocycles. The average Bonchev–Trinajstić information content (AvgIpc) is 2.65. The second kappa shape index (κ2) is 8.65. The van der Waals surface area contributed by atoms with Gasteiger partial charge >= 0.3 is 0 Å². The summed E-state index contributed by atoms with van der Waals surface area (Å²) in [6.45, 7) is 7.37. The Morgan fingerprint density at radius 3 is 2.52 bits per heavy atom. The summed E-state index contributed by atoms with van der Waals surface area (Å²) in [5, 5.41) is 0. The molecule has 25 heavy (non-hydrogen) atoms. The second-order valence-electron chi connectivity index (χ2n) is 7.15. The first kappa shape index (κ1) is 18.9. The van der Waals surface area contributed by atoms with Crippen LogP contribution in [0.25, 0.3) is 0 Å². The Hall–Kier alpha value is -0.910. The van der Waals surface area contributed by atoms with Gasteiger partial charge in [-0.3, -0.25) is 0 Å². The molecule has 0 aromatic heterocycles. The summed E-state index contributed by atoms with van der Waals surface area (Å²) in [4.78, 5) is 2.53. The molecule has 2 aliphatic heterocycles. The van der Waals surface area contributed by atoms with E-state index in [-0.39, 0.29) is 4.75 Å². The molecule has 1 aromatic rings. The van der Waals surface area contributed by atoms with Gasteiger partial charge in [-0.25, -0.2) is 0 Å². The van der Waals surface area contributed by atoms with Gasteiger partial charge in [0, 0.05) is 6.54 Å². The van der Waals surface area contributed by atoms with Gasteiger partial charge in [0.1, 0.15) is 0 Å². The van der Waals surface area contributed by atoms with Crippen molar-refractivity contribution in [1.82, 2.24) is 4.90 Å². The Morgan fingerprint density at radius 1 is 1.08 bits per heavy atom. The molecule has 2 aliphatic rings. The van der Waals surface area contributed by atoms with Crippen molar-refractivity contribution in [1.29, 1.82) is 0 Å². The Morgan fingerprint density at radius 2 is 1.80 bits per heavy atom. The first-order valence-corrected chi connectivity index (χ1v) is 10.3. The smallest absolute Gasteiger partial charge is 0.161 e. The number of thioether (sulfide) groups is 1. The van der Waals surface area contributed by atoms with Gasteiger partial charge in [0.15, 0.2) is 11.5 Å². The van der Waals surface area contributed by atoms with E-state index in [4.69, 9.17) is 14.2 Å². The maximum Gasteiger partial charge on any atom is 0.161 e. The van der Waals surface area contributed by atoms with E-state index in [9.17, 15) is 0 Å². The summed E-state index contributed by atoms with van der Waals surface area (Å²) >= 11 is 1.99. The maximum atomic E-state index is 6.13. The lowest BCUT2D eigenvalue weighted by Crippen LogP contribution is -2.35. The number of likely N-dealkylation sites (tertiary alicyclic amines) is 1. The zero-order chi connectivity index (χ0) is 17.7. The fraction of sp³-hybridized carbons (Fsp3) is 0.700. The second-order valence-corrected chi connectivity index (χ2v) is 8.75. The molecule has 4 nitrogen and oxygen atoms in total. The highest BCUT2D eigenvalue weighted by molar-refractivity contribution is 8.00. The summed E-state index contributed by atoms with van der Waals surface area (Å²) in [6, 6.07) is 4.29. The normalized spacial score (nSPS) is 24.0. The molecule has 3 rings (SSSR count). The van der Waals surface area contributed by atoms with Crippen LogP contribution >= 0.6 is 11.8 Å². The molecule has 0 aliphatic carbocycles. The van der Waals surface area contributed by atoms with Gasteiger partial charge < -0.3 is 19.1 Å². The van der Waals surface area contributed by atoms with E-state index < -0.39 is 0 Å². The number of methoxy groups -OCH3 is 2. The highest BCUT2D eigenvalue weighted by Gasteiger charge is 2.34. The molecule has 0 N–H and O–H groups in total. The van der Waals surface area contributed by atoms with Crippen LogP contribution < -0.4 is 9.47 Å². The third-order valence-corrected chi connectivity index (χ3v) is 6.73. The Balaban J connectivity index is 1.63. The van der Waals surface area contributed by atoms with Gasteiger partial charge in [-0.1, -0.05) is 6.42 Å². The standard InChI is InChI=1S/C20H31NO3S/c1-20(15-24-11-10-21-8-5-4-6-9-21)17-14-19(23-3)18(22-2)13-16(17)7-12-25-20/h13-14H,4-12,15H2,1-3H3. The van der Waals surface area contributed by atoms with E-state index in [1.54, 1.807) is 14.2 Å². The quantitative estimate of drug-likeness (QED) is 0.688. The predicted molar refractivity (Wildman–Crippen MR) is 104 cm³/mol. The molecule has 1 unspecified atom stereocenters. The highest BCUT2D eigenvalue weighted by Crippen LogP contribution is 2.46. The minimum Gasteiger partial charge on any atom is -0.493 e. The van der Waals surface area contributed by atoms with Crippen LogP contribution in [0.5, 0.6) is 11.5 Å². The Bertz CT molecular complexity index is 574. The minimum absolute atomic E-state index is 0.0188. The van der Waals surface area contributed by atoms with Gasteiger partial charge in [-0.15, -0.1) is 11.8 Å². The van der Waals surface area contributed by atoms with Crippen LogP contribution in [-0.4, -0.2) is 57.7 Å². The number of aryl methyl sites for hydroxylation is 1. The predicted octanol–water partition coefficient (Wildman–Crippen LogP) is 3.71. The van der Waals surface area contributed by atoms with Crippen molar-refractivity contribution >= 4 is 11.8 Å². The molecule has 1 saturated heterocycles. The molecule has 0 spiro atoms. The lowest BCUT2D eigenvalue weighted by molar-refractivity contribution is 0.0832. The third kappa shape index (κ3) is 4.44. The number of ether oxygens (including phenoxy) is 3. The van der Waals surface area contributed by atoms with Crippen LogP contribution in [0.1, 0.15) is 37.3 Å². The molecule has 1 fully saturated rings. The molecule has 0 saturated carbocycles. The monoisotopic (exact) mass is 365 g/mol. The first-order valence-electron chi connectivity index (χ1n) is 9.36. The lowest BCUT2D eigenvalue weighted by atomic mass is 9.92. The first-order chi connectivity index (χ1) is 12.2. The number of nitrogens with zero attached hydrogens (tertiary/aromatic N) is 1. The van der Waals surface area contributed by atoms with Crippen molar-refractivity contribution in [2.24, 2.45) is 0 Å². The molecule has 0 radical (unpaired) electrons. The van der Waals surface area contributed by atoms with E-state index in [0.717, 1.165) is 43.4 Å². The molecular weight excluding hydrogens is 334 g/mol. The van der Waals surface area contributed by atoms with Crippen LogP contribution in [0.3, 0.4) is 0 Å². The number of hydrogen-bond donors (Lipinski definition) is 0. The van der Waals surface area contributed by atoms with Gasteiger partial charge in [-0.05, 0) is 68.3 Å². The summed E-state index contributed by atoms with van der Waals surface area (Å²) in [7, 11) is 3.40. The largest absolute Gasteiger partial charge is 0.493 e. The van der Waals surface area contributed by atoms with Crippen molar-refractivity contribution in [3.63, 3.8) is 0 Å². The van der Waals surface area contributed by atoms with Crippen LogP contribution in [0.4, 0.5) is 0 Å². The van der Waals surface area contributed by atoms with Crippen molar-refractivity contribution in [2.45, 2.75) is 37.4 Å². The van der Waals surface area contributed by atoms with Gasteiger partial charge in [0.05, 0.1) is 32.2 Å². The number of rotatable bonds is 7. The van der Waals surface area contributed by atoms with Crippen molar-refractivity contribution < 1.29 is 14.2 Å². The van der Waals surface area contributed by atoms with E-state index in [0.29, 0.717) is 0 Å². The van der Waals surface area contributed by atoms with Crippen LogP contribution in [-0.2, 0) is 15.9 Å². The van der Waals surface area contributed by atoms with Crippen LogP contribution in [0, 0.1) is 0 Å². The molecule has 140 valence electrons. The Kier molecular flexibility index (Phi) is 6.53. The fourth-order valence-corrected chi connectivity index (χ4v) is 5.13. The van der Waals surface area contributed by atoms with E-state index >= 15 is 0 Å². The number of fused-ring (bicyclic) bond motifs is 1. The topological polar surface area (TPSA) is 30.9 Å². The average molecular weight is 366 g/mol. The van der Waals surface area contributed by atoms with Crippen molar-refractivity contribution in [3.8, 4) is 11.5 Å². The van der Waals surface area contributed by atoms with Crippen LogP contribution in [0.15, 0.2) is 12.1 Å². The summed E-state index contributed by atoms with van der Waals surface area (Å²) in [5.74, 6) is 2.75. The third-order valence-electron chi connectivity index (χ3n) is 5.35. The lowest BCUT2D eigenvalue weighted by Gasteiger charge is -2.36. The number of hydrogen-bond acceptors (Lipinski definition) is 5. The Labute approximate surface area is 156 Å². The van der Waals surface area contributed by atoms with Gasteiger partial charge in [0.25, 0.3) is 0 Å². The molecule has 0 bridgehead atoms. The molecule has 2 heterocycles. The SMILES string of the molecule is COc1cc2c(cc1OC)C(C)(COCCN1CCCCC1)SCC2. The van der Waals surface area contributed by atoms with Gasteiger partial charge in [0.2, 0.25) is 0 Å². The van der Waals surface area contributed by atoms with Crippen LogP contribution in [0.2, 0.25) is 0 Å². The minimum atomic E-state index is -0.0188. The molecule has 0 amide bonds. The summed E-state index contributed by atoms with van der Waals surface area (Å²) < 4.78 is 17.1. The van der Waals surface area contributed by atoms with Crippen molar-refractivity contribution in [3.05, 3.63) is 23.3 Å². The molecule has 5 heteroatoms. The summed E-state index contributed by atoms with van der Waals surface area (Å²) in [5.41, 5.74) is 2.69. The highest BCUT2D eigenvalue weighted by atomic mass is 32.2. The zero-order valence-electron chi connectivity index (χ0n) is 15.8. The van der Waals surface area contributed by atoms with E-state index in [2.05, 4.69) is 24.0 Å². The van der Waals surface area contributed by atoms with Gasteiger partial charge in [-0.2, -0.15) is 0 Å². The van der Waals surface area contributed by atoms with Crippen molar-refractivity contribution in [2.75, 3.05) is 52.8 Å². The van der Waals surface area contributed by atoms with E-state index in [1.807, 2.05) is 11.8 Å². The summed E-state index contributed by atoms with van der Waals surface area (Å²) in [6.07, 6.45) is 5.13. The number of piperidine rings is 1. The zero-order valence-corrected chi connectivity index (χ0v) is 16.6. The molecule has 1 atom stereocenters. The van der Waals surface area contributed by atoms with E-state index in [1.165, 1.54) is 43.5 Å². The fourth-order valence-electron chi connectivity index (χ4n) is 3.85. The number of benzene rings is 1.